The molecule has 2 rings (SSSR count). The van der Waals surface area contributed by atoms with Crippen LogP contribution in [0.4, 0.5) is 13.2 Å². The van der Waals surface area contributed by atoms with E-state index in [1.165, 1.54) is 0 Å². The molecular formula is C13H21F3N2O2. The Morgan fingerprint density at radius 2 is 2.05 bits per heavy atom. The predicted octanol–water partition coefficient (Wildman–Crippen LogP) is 1.46. The molecule has 0 aromatic carbocycles. The molecule has 20 heavy (non-hydrogen) atoms. The van der Waals surface area contributed by atoms with Gasteiger partial charge >= 0.3 is 6.18 Å². The van der Waals surface area contributed by atoms with Crippen LogP contribution in [0.2, 0.25) is 0 Å². The van der Waals surface area contributed by atoms with Gasteiger partial charge in [-0.15, -0.1) is 0 Å². The molecule has 0 aromatic heterocycles. The molecule has 0 spiro atoms. The molecule has 1 amide bonds. The molecule has 1 saturated carbocycles. The van der Waals surface area contributed by atoms with Crippen LogP contribution in [0.5, 0.6) is 0 Å². The van der Waals surface area contributed by atoms with Crippen LogP contribution in [0.3, 0.4) is 0 Å². The van der Waals surface area contributed by atoms with Crippen molar-refractivity contribution in [1.82, 2.24) is 10.6 Å². The summed E-state index contributed by atoms with van der Waals surface area (Å²) in [5.74, 6) is -0.890. The molecular weight excluding hydrogens is 273 g/mol. The smallest absolute Gasteiger partial charge is 0.385 e. The van der Waals surface area contributed by atoms with Crippen LogP contribution >= 0.6 is 0 Å². The van der Waals surface area contributed by atoms with Crippen LogP contribution in [-0.4, -0.2) is 45.4 Å². The quantitative estimate of drug-likeness (QED) is 0.780. The zero-order valence-electron chi connectivity index (χ0n) is 11.6. The molecule has 1 aliphatic heterocycles. The van der Waals surface area contributed by atoms with Crippen molar-refractivity contribution in [2.45, 2.75) is 31.9 Å². The monoisotopic (exact) mass is 294 g/mol. The number of halogens is 3. The van der Waals surface area contributed by atoms with Crippen molar-refractivity contribution in [3.05, 3.63) is 0 Å². The average molecular weight is 294 g/mol. The van der Waals surface area contributed by atoms with E-state index in [9.17, 15) is 18.0 Å². The number of amides is 1. The molecule has 0 aromatic rings. The van der Waals surface area contributed by atoms with E-state index in [4.69, 9.17) is 4.74 Å². The van der Waals surface area contributed by atoms with Crippen LogP contribution in [0.15, 0.2) is 0 Å². The number of hydrogen-bond donors (Lipinski definition) is 2. The summed E-state index contributed by atoms with van der Waals surface area (Å²) in [6, 6.07) is 0. The number of nitrogens with one attached hydrogen (secondary N) is 2. The molecule has 1 saturated heterocycles. The zero-order chi connectivity index (χ0) is 14.9. The fourth-order valence-corrected chi connectivity index (χ4v) is 2.70. The van der Waals surface area contributed by atoms with Gasteiger partial charge in [-0.05, 0) is 37.6 Å². The number of hydrogen-bond acceptors (Lipinski definition) is 3. The number of alkyl halides is 3. The van der Waals surface area contributed by atoms with Crippen molar-refractivity contribution in [2.75, 3.05) is 33.4 Å². The van der Waals surface area contributed by atoms with E-state index in [0.717, 1.165) is 19.3 Å². The lowest BCUT2D eigenvalue weighted by Crippen LogP contribution is -2.53. The van der Waals surface area contributed by atoms with Gasteiger partial charge in [0, 0.05) is 26.8 Å². The van der Waals surface area contributed by atoms with E-state index in [-0.39, 0.29) is 24.9 Å². The number of rotatable bonds is 6. The lowest BCUT2D eigenvalue weighted by Gasteiger charge is -2.30. The Kier molecular flexibility index (Phi) is 4.30. The summed E-state index contributed by atoms with van der Waals surface area (Å²) in [7, 11) is 1.59. The van der Waals surface area contributed by atoms with Gasteiger partial charge in [0.15, 0.2) is 5.41 Å². The fourth-order valence-electron chi connectivity index (χ4n) is 2.70. The Balaban J connectivity index is 1.93. The molecule has 1 aliphatic carbocycles. The maximum atomic E-state index is 13.2. The minimum atomic E-state index is -4.51. The molecule has 4 nitrogen and oxygen atoms in total. The van der Waals surface area contributed by atoms with Crippen LogP contribution < -0.4 is 10.6 Å². The van der Waals surface area contributed by atoms with E-state index < -0.39 is 17.5 Å². The largest absolute Gasteiger partial charge is 0.404 e. The molecule has 2 aliphatic rings. The Hall–Kier alpha value is -0.820. The van der Waals surface area contributed by atoms with Gasteiger partial charge < -0.3 is 15.4 Å². The van der Waals surface area contributed by atoms with Crippen LogP contribution in [0.1, 0.15) is 25.7 Å². The third-order valence-corrected chi connectivity index (χ3v) is 4.55. The molecule has 0 radical (unpaired) electrons. The first kappa shape index (κ1) is 15.6. The Labute approximate surface area is 116 Å². The second-order valence-electron chi connectivity index (χ2n) is 5.93. The molecule has 7 heteroatoms. The van der Waals surface area contributed by atoms with Crippen LogP contribution in [0, 0.1) is 10.8 Å². The van der Waals surface area contributed by atoms with Gasteiger partial charge in [0.25, 0.3) is 0 Å². The summed E-state index contributed by atoms with van der Waals surface area (Å²) < 4.78 is 44.5. The van der Waals surface area contributed by atoms with Crippen molar-refractivity contribution >= 4 is 5.91 Å². The maximum Gasteiger partial charge on any atom is 0.404 e. The maximum absolute atomic E-state index is 13.2. The number of carbonyl (C=O) groups is 1. The van der Waals surface area contributed by atoms with Crippen molar-refractivity contribution in [3.63, 3.8) is 0 Å². The van der Waals surface area contributed by atoms with Crippen molar-refractivity contribution in [3.8, 4) is 0 Å². The highest BCUT2D eigenvalue weighted by Gasteiger charge is 2.61. The lowest BCUT2D eigenvalue weighted by atomic mass is 9.85. The van der Waals surface area contributed by atoms with Crippen molar-refractivity contribution in [1.29, 1.82) is 0 Å². The molecule has 1 unspecified atom stereocenters. The van der Waals surface area contributed by atoms with Gasteiger partial charge in [-0.25, -0.2) is 0 Å². The summed E-state index contributed by atoms with van der Waals surface area (Å²) >= 11 is 0. The second kappa shape index (κ2) is 5.52. The third kappa shape index (κ3) is 2.93. The van der Waals surface area contributed by atoms with Gasteiger partial charge in [0.1, 0.15) is 0 Å². The molecule has 2 N–H and O–H groups in total. The fraction of sp³-hybridized carbons (Fsp3) is 0.923. The zero-order valence-corrected chi connectivity index (χ0v) is 11.6. The molecule has 2 fully saturated rings. The number of methoxy groups -OCH3 is 1. The van der Waals surface area contributed by atoms with Crippen molar-refractivity contribution in [2.24, 2.45) is 10.8 Å². The van der Waals surface area contributed by atoms with E-state index >= 15 is 0 Å². The summed E-state index contributed by atoms with van der Waals surface area (Å²) in [5, 5.41) is 5.18. The van der Waals surface area contributed by atoms with Crippen LogP contribution in [-0.2, 0) is 9.53 Å². The first-order valence-corrected chi connectivity index (χ1v) is 6.90. The first-order valence-electron chi connectivity index (χ1n) is 6.90. The highest BCUT2D eigenvalue weighted by molar-refractivity contribution is 5.84. The van der Waals surface area contributed by atoms with E-state index in [1.54, 1.807) is 7.11 Å². The standard InChI is InChI=1S/C13H21F3N2O2/c1-20-7-5-11(2-3-11)8-18-10(19)12(13(14,15)16)4-6-17-9-12/h17H,2-9H2,1H3,(H,18,19). The summed E-state index contributed by atoms with van der Waals surface area (Å²) in [4.78, 5) is 12.1. The minimum absolute atomic E-state index is 0.0511. The average Bonchev–Trinajstić information content (AvgIpc) is 2.96. The van der Waals surface area contributed by atoms with Crippen molar-refractivity contribution < 1.29 is 22.7 Å². The second-order valence-corrected chi connectivity index (χ2v) is 5.93. The highest BCUT2D eigenvalue weighted by Crippen LogP contribution is 2.49. The number of carbonyl (C=O) groups excluding carboxylic acids is 1. The first-order chi connectivity index (χ1) is 9.35. The summed E-state index contributed by atoms with van der Waals surface area (Å²) in [6.45, 7) is 0.782. The van der Waals surface area contributed by atoms with E-state index in [2.05, 4.69) is 10.6 Å². The van der Waals surface area contributed by atoms with Gasteiger partial charge in [0.2, 0.25) is 5.91 Å². The topological polar surface area (TPSA) is 50.4 Å². The SMILES string of the molecule is COCCC1(CNC(=O)C2(C(F)(F)F)CCNC2)CC1. The van der Waals surface area contributed by atoms with Crippen LogP contribution in [0.25, 0.3) is 0 Å². The van der Waals surface area contributed by atoms with Gasteiger partial charge in [0.05, 0.1) is 0 Å². The third-order valence-electron chi connectivity index (χ3n) is 4.55. The molecule has 1 heterocycles. The van der Waals surface area contributed by atoms with E-state index in [0.29, 0.717) is 13.2 Å². The van der Waals surface area contributed by atoms with E-state index in [1.807, 2.05) is 0 Å². The highest BCUT2D eigenvalue weighted by atomic mass is 19.4. The Bertz CT molecular complexity index is 361. The van der Waals surface area contributed by atoms with Gasteiger partial charge in [-0.3, -0.25) is 4.79 Å². The normalized spacial score (nSPS) is 28.4. The molecule has 116 valence electrons. The molecule has 1 atom stereocenters. The summed E-state index contributed by atoms with van der Waals surface area (Å²) in [6.07, 6.45) is -2.04. The van der Waals surface area contributed by atoms with Gasteiger partial charge in [-0.2, -0.15) is 13.2 Å². The predicted molar refractivity (Wildman–Crippen MR) is 67.1 cm³/mol. The Morgan fingerprint density at radius 3 is 2.50 bits per heavy atom. The molecule has 0 bridgehead atoms. The Morgan fingerprint density at radius 1 is 1.35 bits per heavy atom. The number of ether oxygens (including phenoxy) is 1. The summed E-state index contributed by atoms with van der Waals surface area (Å²) in [5.41, 5.74) is -2.31. The minimum Gasteiger partial charge on any atom is -0.385 e. The van der Waals surface area contributed by atoms with Gasteiger partial charge in [-0.1, -0.05) is 0 Å². The lowest BCUT2D eigenvalue weighted by molar-refractivity contribution is -0.216.